The first-order valence-electron chi connectivity index (χ1n) is 9.66. The molecular formula is C24H25N3O4. The quantitative estimate of drug-likeness (QED) is 0.332. The number of carboxylic acid groups (broad SMARTS) is 1. The van der Waals surface area contributed by atoms with Gasteiger partial charge >= 0.3 is 5.97 Å². The second-order valence-electron chi connectivity index (χ2n) is 7.31. The summed E-state index contributed by atoms with van der Waals surface area (Å²) in [7, 11) is 0. The molecule has 7 heteroatoms. The molecule has 0 aliphatic carbocycles. The molecule has 0 aliphatic heterocycles. The molecule has 0 bridgehead atoms. The van der Waals surface area contributed by atoms with E-state index in [1.54, 1.807) is 6.07 Å². The largest absolute Gasteiger partial charge is 0.507 e. The van der Waals surface area contributed by atoms with Crippen molar-refractivity contribution in [3.63, 3.8) is 0 Å². The fourth-order valence-corrected chi connectivity index (χ4v) is 3.13. The van der Waals surface area contributed by atoms with Gasteiger partial charge in [0.25, 0.3) is 0 Å². The third-order valence-electron chi connectivity index (χ3n) is 4.57. The van der Waals surface area contributed by atoms with E-state index in [0.717, 1.165) is 34.5 Å². The average molecular weight is 419 g/mol. The number of nitrogens with one attached hydrogen (secondary N) is 1. The Morgan fingerprint density at radius 1 is 1.16 bits per heavy atom. The van der Waals surface area contributed by atoms with Crippen LogP contribution >= 0.6 is 0 Å². The summed E-state index contributed by atoms with van der Waals surface area (Å²) in [5.41, 5.74) is 4.73. The van der Waals surface area contributed by atoms with Crippen LogP contribution in [0.5, 0.6) is 5.75 Å². The number of anilines is 1. The van der Waals surface area contributed by atoms with Gasteiger partial charge in [0.05, 0.1) is 22.9 Å². The molecule has 3 rings (SSSR count). The highest BCUT2D eigenvalue weighted by Crippen LogP contribution is 2.32. The summed E-state index contributed by atoms with van der Waals surface area (Å²) in [5.74, 6) is -0.865. The fraction of sp³-hybridized carbons (Fsp3) is 0.208. The van der Waals surface area contributed by atoms with Crippen LogP contribution in [-0.4, -0.2) is 28.0 Å². The maximum Gasteiger partial charge on any atom is 0.335 e. The number of hydrogen-bond donors (Lipinski definition) is 4. The molecule has 3 aromatic rings. The number of benzene rings is 3. The van der Waals surface area contributed by atoms with Crippen LogP contribution in [0.15, 0.2) is 59.7 Å². The smallest absolute Gasteiger partial charge is 0.335 e. The molecule has 160 valence electrons. The zero-order valence-electron chi connectivity index (χ0n) is 17.4. The predicted molar refractivity (Wildman–Crippen MR) is 121 cm³/mol. The van der Waals surface area contributed by atoms with Gasteiger partial charge in [-0.2, -0.15) is 10.4 Å². The number of nitriles is 1. The van der Waals surface area contributed by atoms with Crippen LogP contribution in [0.25, 0.3) is 10.8 Å². The second-order valence-corrected chi connectivity index (χ2v) is 7.31. The van der Waals surface area contributed by atoms with Gasteiger partial charge in [-0.15, -0.1) is 0 Å². The Hall–Kier alpha value is -3.89. The van der Waals surface area contributed by atoms with Crippen molar-refractivity contribution in [1.82, 2.24) is 0 Å². The molecule has 0 spiro atoms. The number of aliphatic hydroxyl groups excluding tert-OH is 1. The zero-order chi connectivity index (χ0) is 23.0. The van der Waals surface area contributed by atoms with Crippen LogP contribution in [0.1, 0.15) is 47.9 Å². The van der Waals surface area contributed by atoms with E-state index in [-0.39, 0.29) is 16.9 Å². The third kappa shape index (κ3) is 6.04. The van der Waals surface area contributed by atoms with Gasteiger partial charge in [-0.25, -0.2) is 4.79 Å². The van der Waals surface area contributed by atoms with Gasteiger partial charge in [-0.1, -0.05) is 44.2 Å². The Kier molecular flexibility index (Phi) is 8.12. The highest BCUT2D eigenvalue weighted by Gasteiger charge is 2.14. The lowest BCUT2D eigenvalue weighted by Gasteiger charge is -2.17. The minimum Gasteiger partial charge on any atom is -0.507 e. The number of phenols is 1. The molecule has 0 saturated carbocycles. The molecule has 0 fully saturated rings. The number of carboxylic acids is 1. The number of aromatic carboxylic acids is 1. The Balaban J connectivity index is 0.000000245. The van der Waals surface area contributed by atoms with Crippen LogP contribution in [0.2, 0.25) is 0 Å². The van der Waals surface area contributed by atoms with Crippen LogP contribution in [0.4, 0.5) is 5.69 Å². The normalized spacial score (nSPS) is 11.2. The number of fused-ring (bicyclic) bond motifs is 1. The molecule has 1 unspecified atom stereocenters. The Morgan fingerprint density at radius 2 is 1.84 bits per heavy atom. The monoisotopic (exact) mass is 419 g/mol. The van der Waals surface area contributed by atoms with E-state index in [4.69, 9.17) is 15.5 Å². The lowest BCUT2D eigenvalue weighted by Crippen LogP contribution is -2.03. The molecule has 1 atom stereocenters. The molecule has 0 aromatic heterocycles. The number of nitrogens with zero attached hydrogens (tertiary/aromatic N) is 2. The molecule has 3 aromatic carbocycles. The van der Waals surface area contributed by atoms with Crippen molar-refractivity contribution in [3.05, 3.63) is 71.3 Å². The number of aromatic hydroxyl groups is 1. The highest BCUT2D eigenvalue weighted by molar-refractivity contribution is 5.96. The molecule has 0 amide bonds. The maximum atomic E-state index is 10.4. The maximum absolute atomic E-state index is 10.4. The van der Waals surface area contributed by atoms with Crippen molar-refractivity contribution < 1.29 is 20.1 Å². The van der Waals surface area contributed by atoms with Crippen LogP contribution in [-0.2, 0) is 0 Å². The SMILES string of the molecule is C=NNc1ccc(C(O)CC(C)C)c2ccccc12.N#Cc1cc(C(=O)O)ccc1O. The summed E-state index contributed by atoms with van der Waals surface area (Å²) in [4.78, 5) is 10.4. The van der Waals surface area contributed by atoms with E-state index in [9.17, 15) is 9.90 Å². The molecule has 0 saturated heterocycles. The number of hydrazone groups is 1. The minimum absolute atomic E-state index is 0.00986. The predicted octanol–water partition coefficient (Wildman–Crippen LogP) is 4.91. The van der Waals surface area contributed by atoms with E-state index in [1.807, 2.05) is 36.4 Å². The molecule has 0 heterocycles. The van der Waals surface area contributed by atoms with Crippen molar-refractivity contribution in [2.24, 2.45) is 11.0 Å². The Bertz CT molecular complexity index is 1120. The molecule has 4 N–H and O–H groups in total. The van der Waals surface area contributed by atoms with Gasteiger partial charge in [0, 0.05) is 12.1 Å². The van der Waals surface area contributed by atoms with E-state index >= 15 is 0 Å². The van der Waals surface area contributed by atoms with E-state index in [2.05, 4.69) is 31.1 Å². The first kappa shape index (κ1) is 23.4. The Labute approximate surface area is 180 Å². The van der Waals surface area contributed by atoms with Gasteiger partial charge in [0.2, 0.25) is 0 Å². The standard InChI is InChI=1S/C16H20N2O.C8H5NO3/c1-11(2)10-16(19)14-8-9-15(18-17-3)13-7-5-4-6-12(13)14;9-4-6-3-5(8(11)12)1-2-7(6)10/h4-9,11,16,18-19H,3,10H2,1-2H3;1-3,10H,(H,11,12). The molecule has 7 nitrogen and oxygen atoms in total. The highest BCUT2D eigenvalue weighted by atomic mass is 16.4. The van der Waals surface area contributed by atoms with Gasteiger partial charge in [-0.05, 0) is 47.6 Å². The summed E-state index contributed by atoms with van der Waals surface area (Å²) in [5, 5.41) is 42.1. The average Bonchev–Trinajstić information content (AvgIpc) is 2.74. The topological polar surface area (TPSA) is 126 Å². The number of carbonyl (C=O) groups is 1. The second kappa shape index (κ2) is 10.8. The molecule has 31 heavy (non-hydrogen) atoms. The number of rotatable bonds is 6. The summed E-state index contributed by atoms with van der Waals surface area (Å²) in [6.45, 7) is 7.68. The Morgan fingerprint density at radius 3 is 2.42 bits per heavy atom. The lowest BCUT2D eigenvalue weighted by molar-refractivity contribution is 0.0697. The molecular weight excluding hydrogens is 394 g/mol. The first-order valence-corrected chi connectivity index (χ1v) is 9.66. The van der Waals surface area contributed by atoms with Gasteiger partial charge in [-0.3, -0.25) is 5.43 Å². The molecule has 0 radical (unpaired) electrons. The van der Waals surface area contributed by atoms with Gasteiger partial charge < -0.3 is 15.3 Å². The van der Waals surface area contributed by atoms with Crippen molar-refractivity contribution >= 4 is 29.1 Å². The fourth-order valence-electron chi connectivity index (χ4n) is 3.13. The minimum atomic E-state index is -1.12. The van der Waals surface area contributed by atoms with Gasteiger partial charge in [0.15, 0.2) is 0 Å². The first-order chi connectivity index (χ1) is 14.8. The van der Waals surface area contributed by atoms with Crippen LogP contribution < -0.4 is 5.43 Å². The third-order valence-corrected chi connectivity index (χ3v) is 4.57. The van der Waals surface area contributed by atoms with E-state index in [0.29, 0.717) is 5.92 Å². The van der Waals surface area contributed by atoms with E-state index in [1.165, 1.54) is 12.1 Å². The zero-order valence-corrected chi connectivity index (χ0v) is 17.4. The number of aliphatic hydroxyl groups is 1. The van der Waals surface area contributed by atoms with Crippen molar-refractivity contribution in [2.45, 2.75) is 26.4 Å². The van der Waals surface area contributed by atoms with E-state index < -0.39 is 12.1 Å². The summed E-state index contributed by atoms with van der Waals surface area (Å²) in [6, 6.07) is 17.1. The van der Waals surface area contributed by atoms with Crippen LogP contribution in [0.3, 0.4) is 0 Å². The van der Waals surface area contributed by atoms with Gasteiger partial charge in [0.1, 0.15) is 11.8 Å². The van der Waals surface area contributed by atoms with Crippen molar-refractivity contribution in [1.29, 1.82) is 5.26 Å². The summed E-state index contributed by atoms with van der Waals surface area (Å²) in [6.07, 6.45) is 0.326. The van der Waals surface area contributed by atoms with Crippen molar-refractivity contribution in [2.75, 3.05) is 5.43 Å². The summed E-state index contributed by atoms with van der Waals surface area (Å²) < 4.78 is 0. The van der Waals surface area contributed by atoms with Crippen molar-refractivity contribution in [3.8, 4) is 11.8 Å². The number of phenolic OH excluding ortho intramolecular Hbond substituents is 1. The lowest BCUT2D eigenvalue weighted by atomic mass is 9.94. The molecule has 0 aliphatic rings. The van der Waals surface area contributed by atoms with Crippen LogP contribution in [0, 0.1) is 17.2 Å². The summed E-state index contributed by atoms with van der Waals surface area (Å²) >= 11 is 0. The number of hydrogen-bond acceptors (Lipinski definition) is 6.